The van der Waals surface area contributed by atoms with Crippen LogP contribution >= 0.6 is 27.5 Å². The first kappa shape index (κ1) is 8.94. The van der Waals surface area contributed by atoms with Crippen LogP contribution in [-0.2, 0) is 5.88 Å². The molecular weight excluding hydrogens is 232 g/mol. The zero-order valence-electron chi connectivity index (χ0n) is 5.87. The number of rotatable bonds is 1. The first-order valence-corrected chi connectivity index (χ1v) is 4.35. The summed E-state index contributed by atoms with van der Waals surface area (Å²) in [5, 5.41) is 0. The number of halogens is 3. The van der Waals surface area contributed by atoms with E-state index in [9.17, 15) is 4.39 Å². The zero-order chi connectivity index (χ0) is 8.43. The van der Waals surface area contributed by atoms with Gasteiger partial charge < -0.3 is 0 Å². The fourth-order valence-corrected chi connectivity index (χ4v) is 1.43. The van der Waals surface area contributed by atoms with E-state index >= 15 is 0 Å². The lowest BCUT2D eigenvalue weighted by Gasteiger charge is -2.03. The maximum absolute atomic E-state index is 12.9. The average Bonchev–Trinajstić information content (AvgIpc) is 1.99. The number of pyridine rings is 1. The molecule has 0 fully saturated rings. The Morgan fingerprint density at radius 3 is 2.82 bits per heavy atom. The van der Waals surface area contributed by atoms with Crippen LogP contribution in [0.25, 0.3) is 0 Å². The minimum Gasteiger partial charge on any atom is -0.246 e. The van der Waals surface area contributed by atoms with Crippen LogP contribution in [0.1, 0.15) is 11.1 Å². The molecule has 0 unspecified atom stereocenters. The lowest BCUT2D eigenvalue weighted by molar-refractivity contribution is 0.607. The van der Waals surface area contributed by atoms with Gasteiger partial charge in [0.15, 0.2) is 0 Å². The second-order valence-electron chi connectivity index (χ2n) is 2.13. The summed E-state index contributed by atoms with van der Waals surface area (Å²) in [6.45, 7) is 1.78. The third-order valence-electron chi connectivity index (χ3n) is 1.48. The van der Waals surface area contributed by atoms with E-state index in [4.69, 9.17) is 11.6 Å². The predicted octanol–water partition coefficient (Wildman–Crippen LogP) is 3.03. The van der Waals surface area contributed by atoms with Crippen molar-refractivity contribution in [3.8, 4) is 0 Å². The molecule has 1 aromatic heterocycles. The van der Waals surface area contributed by atoms with Crippen LogP contribution in [0.4, 0.5) is 4.39 Å². The van der Waals surface area contributed by atoms with Crippen molar-refractivity contribution in [3.05, 3.63) is 27.7 Å². The Hall–Kier alpha value is -0.150. The molecule has 60 valence electrons. The predicted molar refractivity (Wildman–Crippen MR) is 46.2 cm³/mol. The largest absolute Gasteiger partial charge is 0.246 e. The Morgan fingerprint density at radius 2 is 2.36 bits per heavy atom. The lowest BCUT2D eigenvalue weighted by atomic mass is 10.2. The third kappa shape index (κ3) is 1.71. The Labute approximate surface area is 77.7 Å². The fraction of sp³-hybridized carbons (Fsp3) is 0.286. The second-order valence-corrected chi connectivity index (χ2v) is 3.15. The summed E-state index contributed by atoms with van der Waals surface area (Å²) in [5.41, 5.74) is 1.27. The molecule has 0 saturated heterocycles. The summed E-state index contributed by atoms with van der Waals surface area (Å²) in [7, 11) is 0. The second kappa shape index (κ2) is 3.50. The molecule has 0 amide bonds. The van der Waals surface area contributed by atoms with Crippen molar-refractivity contribution in [1.82, 2.24) is 4.98 Å². The van der Waals surface area contributed by atoms with Crippen molar-refractivity contribution in [2.24, 2.45) is 0 Å². The molecule has 0 saturated carbocycles. The lowest BCUT2D eigenvalue weighted by Crippen LogP contribution is -1.94. The third-order valence-corrected chi connectivity index (χ3v) is 2.54. The van der Waals surface area contributed by atoms with Crippen molar-refractivity contribution in [2.75, 3.05) is 0 Å². The van der Waals surface area contributed by atoms with Crippen LogP contribution in [-0.4, -0.2) is 4.98 Å². The van der Waals surface area contributed by atoms with Gasteiger partial charge in [-0.2, -0.15) is 0 Å². The van der Waals surface area contributed by atoms with Crippen molar-refractivity contribution < 1.29 is 4.39 Å². The highest BCUT2D eigenvalue weighted by atomic mass is 79.9. The van der Waals surface area contributed by atoms with Crippen LogP contribution in [0.3, 0.4) is 0 Å². The quantitative estimate of drug-likeness (QED) is 0.541. The number of aromatic nitrogens is 1. The van der Waals surface area contributed by atoms with Gasteiger partial charge in [0.05, 0.1) is 12.1 Å². The summed E-state index contributed by atoms with van der Waals surface area (Å²) in [6, 6.07) is 0. The van der Waals surface area contributed by atoms with Gasteiger partial charge in [-0.15, -0.1) is 11.6 Å². The molecule has 1 heterocycles. The van der Waals surface area contributed by atoms with E-state index < -0.39 is 0 Å². The van der Waals surface area contributed by atoms with E-state index in [0.29, 0.717) is 10.2 Å². The molecule has 0 aliphatic heterocycles. The van der Waals surface area contributed by atoms with E-state index in [1.807, 2.05) is 0 Å². The van der Waals surface area contributed by atoms with Crippen LogP contribution < -0.4 is 0 Å². The molecule has 0 aliphatic rings. The van der Waals surface area contributed by atoms with Crippen molar-refractivity contribution >= 4 is 27.5 Å². The summed E-state index contributed by atoms with van der Waals surface area (Å²) < 4.78 is 13.5. The van der Waals surface area contributed by atoms with Gasteiger partial charge in [-0.25, -0.2) is 9.37 Å². The van der Waals surface area contributed by atoms with Crippen molar-refractivity contribution in [1.29, 1.82) is 0 Å². The topological polar surface area (TPSA) is 12.9 Å². The van der Waals surface area contributed by atoms with Crippen LogP contribution in [0.5, 0.6) is 0 Å². The van der Waals surface area contributed by atoms with E-state index in [0.717, 1.165) is 11.8 Å². The SMILES string of the molecule is Cc1c(Br)ncc(F)c1CCl. The van der Waals surface area contributed by atoms with Gasteiger partial charge in [0.25, 0.3) is 0 Å². The maximum atomic E-state index is 12.9. The summed E-state index contributed by atoms with van der Waals surface area (Å²) in [6.07, 6.45) is 1.16. The Kier molecular flexibility index (Phi) is 2.84. The maximum Gasteiger partial charge on any atom is 0.146 e. The van der Waals surface area contributed by atoms with Gasteiger partial charge in [0.1, 0.15) is 10.4 Å². The van der Waals surface area contributed by atoms with Gasteiger partial charge >= 0.3 is 0 Å². The highest BCUT2D eigenvalue weighted by Crippen LogP contribution is 2.20. The van der Waals surface area contributed by atoms with Gasteiger partial charge in [-0.3, -0.25) is 0 Å². The Balaban J connectivity index is 3.29. The standard InChI is InChI=1S/C7H6BrClFN/c1-4-5(2-9)6(10)3-11-7(4)8/h3H,2H2,1H3. The number of hydrogen-bond donors (Lipinski definition) is 0. The molecule has 1 rings (SSSR count). The molecule has 0 N–H and O–H groups in total. The monoisotopic (exact) mass is 237 g/mol. The van der Waals surface area contributed by atoms with Crippen molar-refractivity contribution in [3.63, 3.8) is 0 Å². The van der Waals surface area contributed by atoms with Gasteiger partial charge in [0.2, 0.25) is 0 Å². The molecule has 0 bridgehead atoms. The van der Waals surface area contributed by atoms with Gasteiger partial charge in [-0.05, 0) is 28.4 Å². The number of hydrogen-bond acceptors (Lipinski definition) is 1. The normalized spacial score (nSPS) is 10.2. The van der Waals surface area contributed by atoms with Crippen molar-refractivity contribution in [2.45, 2.75) is 12.8 Å². The molecule has 0 spiro atoms. The minimum absolute atomic E-state index is 0.179. The van der Waals surface area contributed by atoms with E-state index in [1.165, 1.54) is 0 Å². The van der Waals surface area contributed by atoms with Crippen LogP contribution in [0.15, 0.2) is 10.8 Å². The Morgan fingerprint density at radius 1 is 1.73 bits per heavy atom. The van der Waals surface area contributed by atoms with Crippen LogP contribution in [0, 0.1) is 12.7 Å². The molecule has 0 aromatic carbocycles. The first-order chi connectivity index (χ1) is 5.16. The zero-order valence-corrected chi connectivity index (χ0v) is 8.21. The highest BCUT2D eigenvalue weighted by Gasteiger charge is 2.07. The van der Waals surface area contributed by atoms with E-state index in [-0.39, 0.29) is 11.7 Å². The van der Waals surface area contributed by atoms with Gasteiger partial charge in [0, 0.05) is 5.56 Å². The molecule has 0 atom stereocenters. The molecule has 1 nitrogen and oxygen atoms in total. The molecule has 0 radical (unpaired) electrons. The molecule has 1 aromatic rings. The smallest absolute Gasteiger partial charge is 0.146 e. The van der Waals surface area contributed by atoms with E-state index in [1.54, 1.807) is 6.92 Å². The minimum atomic E-state index is -0.347. The number of nitrogens with zero attached hydrogens (tertiary/aromatic N) is 1. The van der Waals surface area contributed by atoms with E-state index in [2.05, 4.69) is 20.9 Å². The fourth-order valence-electron chi connectivity index (χ4n) is 0.756. The summed E-state index contributed by atoms with van der Waals surface area (Å²) in [5.74, 6) is -0.167. The number of alkyl halides is 1. The Bertz CT molecular complexity index is 277. The van der Waals surface area contributed by atoms with Gasteiger partial charge in [-0.1, -0.05) is 0 Å². The summed E-state index contributed by atoms with van der Waals surface area (Å²) >= 11 is 8.71. The average molecular weight is 238 g/mol. The molecule has 0 aliphatic carbocycles. The first-order valence-electron chi connectivity index (χ1n) is 3.02. The summed E-state index contributed by atoms with van der Waals surface area (Å²) in [4.78, 5) is 3.77. The molecule has 11 heavy (non-hydrogen) atoms. The molecular formula is C7H6BrClFN. The van der Waals surface area contributed by atoms with Crippen LogP contribution in [0.2, 0.25) is 0 Å². The molecule has 4 heteroatoms. The highest BCUT2D eigenvalue weighted by molar-refractivity contribution is 9.10.